The first kappa shape index (κ1) is 15.0. The smallest absolute Gasteiger partial charge is 0.223 e. The highest BCUT2D eigenvalue weighted by molar-refractivity contribution is 5.77. The van der Waals surface area contributed by atoms with Crippen LogP contribution in [0.25, 0.3) is 0 Å². The van der Waals surface area contributed by atoms with E-state index >= 15 is 0 Å². The number of aliphatic hydroxyl groups excluding tert-OH is 1. The van der Waals surface area contributed by atoms with Gasteiger partial charge in [0.25, 0.3) is 0 Å². The molecule has 2 rings (SSSR count). The molecule has 1 aromatic rings. The molecule has 3 nitrogen and oxygen atoms in total. The van der Waals surface area contributed by atoms with Crippen LogP contribution in [0.5, 0.6) is 0 Å². The molecule has 0 saturated heterocycles. The molecule has 0 radical (unpaired) electrons. The molecular weight excluding hydrogens is 250 g/mol. The summed E-state index contributed by atoms with van der Waals surface area (Å²) >= 11 is 0. The minimum absolute atomic E-state index is 0.161. The second kappa shape index (κ2) is 7.44. The van der Waals surface area contributed by atoms with E-state index in [1.54, 1.807) is 0 Å². The van der Waals surface area contributed by atoms with Gasteiger partial charge in [0.1, 0.15) is 0 Å². The third-order valence-corrected chi connectivity index (χ3v) is 4.26. The molecule has 1 aliphatic carbocycles. The van der Waals surface area contributed by atoms with Gasteiger partial charge < -0.3 is 10.0 Å². The summed E-state index contributed by atoms with van der Waals surface area (Å²) in [7, 11) is 0. The molecule has 1 aliphatic rings. The number of aryl methyl sites for hydroxylation is 2. The van der Waals surface area contributed by atoms with Gasteiger partial charge in [0.05, 0.1) is 0 Å². The molecule has 110 valence electrons. The van der Waals surface area contributed by atoms with Gasteiger partial charge in [-0.05, 0) is 50.2 Å². The van der Waals surface area contributed by atoms with Gasteiger partial charge >= 0.3 is 0 Å². The van der Waals surface area contributed by atoms with Crippen LogP contribution in [0, 0.1) is 6.92 Å². The lowest BCUT2D eigenvalue weighted by Crippen LogP contribution is -2.45. The molecule has 1 fully saturated rings. The van der Waals surface area contributed by atoms with Crippen molar-refractivity contribution in [2.45, 2.75) is 51.5 Å². The van der Waals surface area contributed by atoms with Gasteiger partial charge in [-0.1, -0.05) is 24.3 Å². The van der Waals surface area contributed by atoms with Gasteiger partial charge in [0.15, 0.2) is 0 Å². The summed E-state index contributed by atoms with van der Waals surface area (Å²) in [6.07, 6.45) is 5.56. The fourth-order valence-corrected chi connectivity index (χ4v) is 2.73. The zero-order valence-electron chi connectivity index (χ0n) is 12.3. The third-order valence-electron chi connectivity index (χ3n) is 4.26. The Bertz CT molecular complexity index is 440. The molecule has 0 unspecified atom stereocenters. The van der Waals surface area contributed by atoms with E-state index in [0.29, 0.717) is 25.4 Å². The van der Waals surface area contributed by atoms with Crippen LogP contribution in [0.1, 0.15) is 43.2 Å². The van der Waals surface area contributed by atoms with E-state index in [9.17, 15) is 4.79 Å². The molecule has 1 saturated carbocycles. The summed E-state index contributed by atoms with van der Waals surface area (Å²) in [5, 5.41) is 8.98. The number of benzene rings is 1. The molecule has 1 amide bonds. The molecular formula is C17H25NO2. The van der Waals surface area contributed by atoms with Crippen LogP contribution in [0.15, 0.2) is 24.3 Å². The summed E-state index contributed by atoms with van der Waals surface area (Å²) in [6.45, 7) is 2.96. The number of amides is 1. The van der Waals surface area contributed by atoms with Crippen molar-refractivity contribution in [3.63, 3.8) is 0 Å². The zero-order chi connectivity index (χ0) is 14.4. The van der Waals surface area contributed by atoms with Crippen LogP contribution in [0.3, 0.4) is 0 Å². The number of nitrogens with zero attached hydrogens (tertiary/aromatic N) is 1. The van der Waals surface area contributed by atoms with Crippen molar-refractivity contribution >= 4 is 5.91 Å². The Morgan fingerprint density at radius 2 is 2.10 bits per heavy atom. The predicted octanol–water partition coefficient (Wildman–Crippen LogP) is 2.69. The standard InChI is InChI=1S/C17H25NO2/c1-14-6-2-3-7-15(14)10-11-17(20)18(12-5-13-19)16-8-4-9-16/h2-3,6-7,16,19H,4-5,8-13H2,1H3. The molecule has 0 spiro atoms. The number of hydrogen-bond acceptors (Lipinski definition) is 2. The van der Waals surface area contributed by atoms with E-state index in [1.807, 2.05) is 17.0 Å². The van der Waals surface area contributed by atoms with Gasteiger partial charge in [0, 0.05) is 25.6 Å². The van der Waals surface area contributed by atoms with E-state index in [2.05, 4.69) is 19.1 Å². The van der Waals surface area contributed by atoms with Gasteiger partial charge in [-0.3, -0.25) is 4.79 Å². The van der Waals surface area contributed by atoms with E-state index in [0.717, 1.165) is 19.3 Å². The number of carbonyl (C=O) groups is 1. The molecule has 0 atom stereocenters. The highest BCUT2D eigenvalue weighted by Gasteiger charge is 2.27. The van der Waals surface area contributed by atoms with E-state index in [1.165, 1.54) is 17.5 Å². The fourth-order valence-electron chi connectivity index (χ4n) is 2.73. The predicted molar refractivity (Wildman–Crippen MR) is 80.6 cm³/mol. The molecule has 0 heterocycles. The quantitative estimate of drug-likeness (QED) is 0.831. The zero-order valence-corrected chi connectivity index (χ0v) is 12.3. The second-order valence-electron chi connectivity index (χ2n) is 5.68. The maximum atomic E-state index is 12.4. The first-order valence-corrected chi connectivity index (χ1v) is 7.67. The topological polar surface area (TPSA) is 40.5 Å². The molecule has 0 aliphatic heterocycles. The van der Waals surface area contributed by atoms with Crippen LogP contribution in [-0.2, 0) is 11.2 Å². The average molecular weight is 275 g/mol. The largest absolute Gasteiger partial charge is 0.396 e. The number of aliphatic hydroxyl groups is 1. The number of carbonyl (C=O) groups excluding carboxylic acids is 1. The summed E-state index contributed by atoms with van der Waals surface area (Å²) in [5.74, 6) is 0.242. The van der Waals surface area contributed by atoms with Crippen molar-refractivity contribution in [3.8, 4) is 0 Å². The Hall–Kier alpha value is -1.35. The minimum atomic E-state index is 0.161. The highest BCUT2D eigenvalue weighted by Crippen LogP contribution is 2.25. The number of rotatable bonds is 7. The maximum Gasteiger partial charge on any atom is 0.223 e. The van der Waals surface area contributed by atoms with E-state index in [4.69, 9.17) is 5.11 Å². The Kier molecular flexibility index (Phi) is 5.60. The summed E-state index contributed by atoms with van der Waals surface area (Å²) in [5.41, 5.74) is 2.52. The van der Waals surface area contributed by atoms with Crippen molar-refractivity contribution in [1.29, 1.82) is 0 Å². The number of hydrogen-bond donors (Lipinski definition) is 1. The van der Waals surface area contributed by atoms with E-state index in [-0.39, 0.29) is 12.5 Å². The third kappa shape index (κ3) is 3.83. The SMILES string of the molecule is Cc1ccccc1CCC(=O)N(CCCO)C1CCC1. The molecule has 0 bridgehead atoms. The molecule has 1 aromatic carbocycles. The van der Waals surface area contributed by atoms with Crippen LogP contribution in [0.2, 0.25) is 0 Å². The van der Waals surface area contributed by atoms with Crippen molar-refractivity contribution in [3.05, 3.63) is 35.4 Å². The van der Waals surface area contributed by atoms with Crippen LogP contribution >= 0.6 is 0 Å². The summed E-state index contributed by atoms with van der Waals surface area (Å²) in [6, 6.07) is 8.68. The van der Waals surface area contributed by atoms with Gasteiger partial charge in [-0.2, -0.15) is 0 Å². The fraction of sp³-hybridized carbons (Fsp3) is 0.588. The first-order chi connectivity index (χ1) is 9.72. The maximum absolute atomic E-state index is 12.4. The Morgan fingerprint density at radius 1 is 1.35 bits per heavy atom. The summed E-state index contributed by atoms with van der Waals surface area (Å²) in [4.78, 5) is 14.4. The van der Waals surface area contributed by atoms with E-state index < -0.39 is 0 Å². The highest BCUT2D eigenvalue weighted by atomic mass is 16.3. The average Bonchev–Trinajstić information content (AvgIpc) is 2.40. The van der Waals surface area contributed by atoms with Gasteiger partial charge in [-0.15, -0.1) is 0 Å². The van der Waals surface area contributed by atoms with Crippen molar-refractivity contribution in [1.82, 2.24) is 4.90 Å². The second-order valence-corrected chi connectivity index (χ2v) is 5.68. The molecule has 1 N–H and O–H groups in total. The normalized spacial score (nSPS) is 14.9. The minimum Gasteiger partial charge on any atom is -0.396 e. The van der Waals surface area contributed by atoms with Crippen LogP contribution < -0.4 is 0 Å². The lowest BCUT2D eigenvalue weighted by atomic mass is 9.90. The van der Waals surface area contributed by atoms with Crippen molar-refractivity contribution < 1.29 is 9.90 Å². The van der Waals surface area contributed by atoms with Crippen molar-refractivity contribution in [2.75, 3.05) is 13.2 Å². The molecule has 3 heteroatoms. The Labute approximate surface area is 121 Å². The van der Waals surface area contributed by atoms with Gasteiger partial charge in [0.2, 0.25) is 5.91 Å². The van der Waals surface area contributed by atoms with Gasteiger partial charge in [-0.25, -0.2) is 0 Å². The summed E-state index contributed by atoms with van der Waals surface area (Å²) < 4.78 is 0. The molecule has 0 aromatic heterocycles. The molecule has 20 heavy (non-hydrogen) atoms. The first-order valence-electron chi connectivity index (χ1n) is 7.67. The van der Waals surface area contributed by atoms with Crippen LogP contribution in [-0.4, -0.2) is 35.1 Å². The lowest BCUT2D eigenvalue weighted by Gasteiger charge is -2.37. The van der Waals surface area contributed by atoms with Crippen molar-refractivity contribution in [2.24, 2.45) is 0 Å². The Balaban J connectivity index is 1.89. The Morgan fingerprint density at radius 3 is 2.70 bits per heavy atom. The lowest BCUT2D eigenvalue weighted by molar-refractivity contribution is -0.135. The monoisotopic (exact) mass is 275 g/mol. The van der Waals surface area contributed by atoms with Crippen LogP contribution in [0.4, 0.5) is 0 Å².